The Balaban J connectivity index is 1.37. The van der Waals surface area contributed by atoms with Crippen LogP contribution in [0.1, 0.15) is 6.42 Å². The molecule has 0 atom stereocenters. The number of carbonyl (C=O) groups excluding carboxylic acids is 1. The molecule has 0 aliphatic carbocycles. The smallest absolute Gasteiger partial charge is 0.234 e. The Morgan fingerprint density at radius 2 is 2.07 bits per heavy atom. The number of carbonyl (C=O) groups is 1. The number of furan rings is 1. The van der Waals surface area contributed by atoms with E-state index in [1.54, 1.807) is 29.0 Å². The second-order valence-corrected chi connectivity index (χ2v) is 6.83. The second kappa shape index (κ2) is 7.75. The average molecular weight is 386 g/mol. The molecule has 0 saturated carbocycles. The monoisotopic (exact) mass is 386 g/mol. The molecule has 0 bridgehead atoms. The lowest BCUT2D eigenvalue weighted by Gasteiger charge is -2.10. The van der Waals surface area contributed by atoms with Gasteiger partial charge >= 0.3 is 0 Å². The first-order chi connectivity index (χ1) is 13.2. The number of hydrogen-bond acceptors (Lipinski definition) is 7. The highest BCUT2D eigenvalue weighted by Crippen LogP contribution is 2.32. The maximum atomic E-state index is 12.3. The number of rotatable bonds is 5. The van der Waals surface area contributed by atoms with Crippen LogP contribution < -0.4 is 14.8 Å². The molecule has 140 valence electrons. The number of ether oxygens (including phenoxy) is 2. The molecule has 27 heavy (non-hydrogen) atoms. The summed E-state index contributed by atoms with van der Waals surface area (Å²) in [6.07, 6.45) is 2.42. The zero-order valence-corrected chi connectivity index (χ0v) is 15.5. The molecule has 0 saturated heterocycles. The van der Waals surface area contributed by atoms with Crippen molar-refractivity contribution in [2.24, 2.45) is 7.05 Å². The lowest BCUT2D eigenvalue weighted by molar-refractivity contribution is -0.113. The highest BCUT2D eigenvalue weighted by molar-refractivity contribution is 7.99. The van der Waals surface area contributed by atoms with Crippen LogP contribution >= 0.6 is 11.8 Å². The number of nitrogens with one attached hydrogen (secondary N) is 1. The van der Waals surface area contributed by atoms with Crippen molar-refractivity contribution in [3.63, 3.8) is 0 Å². The second-order valence-electron chi connectivity index (χ2n) is 5.89. The van der Waals surface area contributed by atoms with Crippen LogP contribution in [0.4, 0.5) is 5.69 Å². The molecule has 1 aromatic carbocycles. The van der Waals surface area contributed by atoms with E-state index in [0.29, 0.717) is 47.1 Å². The van der Waals surface area contributed by atoms with E-state index < -0.39 is 0 Å². The lowest BCUT2D eigenvalue weighted by Crippen LogP contribution is -2.14. The Labute approximate surface area is 159 Å². The third-order valence-corrected chi connectivity index (χ3v) is 4.96. The third-order valence-electron chi connectivity index (χ3n) is 3.94. The summed E-state index contributed by atoms with van der Waals surface area (Å²) < 4.78 is 18.4. The van der Waals surface area contributed by atoms with E-state index in [-0.39, 0.29) is 11.7 Å². The van der Waals surface area contributed by atoms with E-state index in [4.69, 9.17) is 13.9 Å². The summed E-state index contributed by atoms with van der Waals surface area (Å²) in [5.74, 6) is 2.66. The van der Waals surface area contributed by atoms with Gasteiger partial charge in [-0.05, 0) is 24.3 Å². The fourth-order valence-corrected chi connectivity index (χ4v) is 3.34. The van der Waals surface area contributed by atoms with Crippen LogP contribution in [0.25, 0.3) is 11.6 Å². The molecule has 9 heteroatoms. The summed E-state index contributed by atoms with van der Waals surface area (Å²) in [7, 11) is 1.84. The fourth-order valence-electron chi connectivity index (χ4n) is 2.63. The van der Waals surface area contributed by atoms with Gasteiger partial charge in [0.2, 0.25) is 5.91 Å². The van der Waals surface area contributed by atoms with E-state index in [1.807, 2.05) is 19.2 Å². The number of amides is 1. The minimum Gasteiger partial charge on any atom is -0.490 e. The van der Waals surface area contributed by atoms with Gasteiger partial charge in [0.25, 0.3) is 0 Å². The zero-order chi connectivity index (χ0) is 18.6. The van der Waals surface area contributed by atoms with E-state index >= 15 is 0 Å². The predicted octanol–water partition coefficient (Wildman–Crippen LogP) is 2.97. The number of anilines is 1. The van der Waals surface area contributed by atoms with Gasteiger partial charge in [-0.2, -0.15) is 0 Å². The van der Waals surface area contributed by atoms with Gasteiger partial charge in [-0.15, -0.1) is 10.2 Å². The van der Waals surface area contributed by atoms with Crippen LogP contribution in [0.15, 0.2) is 46.2 Å². The van der Waals surface area contributed by atoms with Crippen molar-refractivity contribution in [3.8, 4) is 23.1 Å². The molecule has 3 heterocycles. The Bertz CT molecular complexity index is 939. The standard InChI is InChI=1S/C18H18N4O4S/c1-22-17(14-4-2-7-25-14)20-21-18(22)27-11-16(23)19-12-5-6-13-15(10-12)26-9-3-8-24-13/h2,4-7,10H,3,8-9,11H2,1H3,(H,19,23). The molecular weight excluding hydrogens is 368 g/mol. The van der Waals surface area contributed by atoms with Crippen LogP contribution in [0.3, 0.4) is 0 Å². The summed E-state index contributed by atoms with van der Waals surface area (Å²) in [6, 6.07) is 8.99. The van der Waals surface area contributed by atoms with Crippen molar-refractivity contribution in [1.82, 2.24) is 14.8 Å². The quantitative estimate of drug-likeness (QED) is 0.674. The van der Waals surface area contributed by atoms with Gasteiger partial charge in [0.1, 0.15) is 0 Å². The van der Waals surface area contributed by atoms with Crippen LogP contribution in [0, 0.1) is 0 Å². The molecule has 4 rings (SSSR count). The normalized spacial score (nSPS) is 13.2. The number of hydrogen-bond donors (Lipinski definition) is 1. The number of fused-ring (bicyclic) bond motifs is 1. The minimum absolute atomic E-state index is 0.142. The van der Waals surface area contributed by atoms with Crippen molar-refractivity contribution in [3.05, 3.63) is 36.6 Å². The van der Waals surface area contributed by atoms with Gasteiger partial charge in [-0.25, -0.2) is 0 Å². The summed E-state index contributed by atoms with van der Waals surface area (Å²) >= 11 is 1.30. The van der Waals surface area contributed by atoms with E-state index in [9.17, 15) is 4.79 Å². The largest absolute Gasteiger partial charge is 0.490 e. The van der Waals surface area contributed by atoms with Crippen LogP contribution in [0.2, 0.25) is 0 Å². The third kappa shape index (κ3) is 3.92. The topological polar surface area (TPSA) is 91.4 Å². The highest BCUT2D eigenvalue weighted by Gasteiger charge is 2.15. The molecular formula is C18H18N4O4S. The van der Waals surface area contributed by atoms with Gasteiger partial charge in [0.05, 0.1) is 25.2 Å². The Morgan fingerprint density at radius 3 is 2.89 bits per heavy atom. The highest BCUT2D eigenvalue weighted by atomic mass is 32.2. The molecule has 0 radical (unpaired) electrons. The van der Waals surface area contributed by atoms with Gasteiger partial charge in [0.15, 0.2) is 28.2 Å². The first kappa shape index (κ1) is 17.5. The van der Waals surface area contributed by atoms with Gasteiger partial charge in [0, 0.05) is 25.2 Å². The molecule has 3 aromatic rings. The van der Waals surface area contributed by atoms with Crippen molar-refractivity contribution in [2.45, 2.75) is 11.6 Å². The van der Waals surface area contributed by atoms with Crippen LogP contribution in [-0.2, 0) is 11.8 Å². The Morgan fingerprint density at radius 1 is 1.22 bits per heavy atom. The van der Waals surface area contributed by atoms with Crippen LogP contribution in [-0.4, -0.2) is 39.6 Å². The molecule has 1 aliphatic rings. The molecule has 0 unspecified atom stereocenters. The van der Waals surface area contributed by atoms with Crippen molar-refractivity contribution < 1.29 is 18.7 Å². The summed E-state index contributed by atoms with van der Waals surface area (Å²) in [5, 5.41) is 11.7. The summed E-state index contributed by atoms with van der Waals surface area (Å²) in [6.45, 7) is 1.23. The number of aromatic nitrogens is 3. The van der Waals surface area contributed by atoms with Crippen molar-refractivity contribution in [1.29, 1.82) is 0 Å². The lowest BCUT2D eigenvalue weighted by atomic mass is 10.2. The molecule has 1 amide bonds. The SMILES string of the molecule is Cn1c(SCC(=O)Nc2ccc3c(c2)OCCCO3)nnc1-c1ccco1. The average Bonchev–Trinajstić information content (AvgIpc) is 3.24. The first-order valence-corrected chi connectivity index (χ1v) is 9.45. The van der Waals surface area contributed by atoms with Crippen molar-refractivity contribution >= 4 is 23.4 Å². The number of nitrogens with zero attached hydrogens (tertiary/aromatic N) is 3. The Kier molecular flexibility index (Phi) is 5.01. The first-order valence-electron chi connectivity index (χ1n) is 8.46. The van der Waals surface area contributed by atoms with Crippen LogP contribution in [0.5, 0.6) is 11.5 Å². The van der Waals surface area contributed by atoms with E-state index in [2.05, 4.69) is 15.5 Å². The number of thioether (sulfide) groups is 1. The maximum absolute atomic E-state index is 12.3. The maximum Gasteiger partial charge on any atom is 0.234 e. The molecule has 1 aliphatic heterocycles. The predicted molar refractivity (Wildman–Crippen MR) is 100 cm³/mol. The van der Waals surface area contributed by atoms with E-state index in [1.165, 1.54) is 11.8 Å². The van der Waals surface area contributed by atoms with E-state index in [0.717, 1.165) is 6.42 Å². The molecule has 8 nitrogen and oxygen atoms in total. The summed E-state index contributed by atoms with van der Waals surface area (Å²) in [4.78, 5) is 12.3. The van der Waals surface area contributed by atoms with Crippen molar-refractivity contribution in [2.75, 3.05) is 24.3 Å². The molecule has 1 N–H and O–H groups in total. The van der Waals surface area contributed by atoms with Gasteiger partial charge < -0.3 is 23.8 Å². The Hall–Kier alpha value is -2.94. The fraction of sp³-hybridized carbons (Fsp3) is 0.278. The summed E-state index contributed by atoms with van der Waals surface area (Å²) in [5.41, 5.74) is 0.666. The molecule has 0 spiro atoms. The molecule has 0 fully saturated rings. The number of benzene rings is 1. The minimum atomic E-state index is -0.142. The van der Waals surface area contributed by atoms with Gasteiger partial charge in [-0.3, -0.25) is 4.79 Å². The zero-order valence-electron chi connectivity index (χ0n) is 14.7. The van der Waals surface area contributed by atoms with Gasteiger partial charge in [-0.1, -0.05) is 11.8 Å². The molecule has 2 aromatic heterocycles.